The van der Waals surface area contributed by atoms with Gasteiger partial charge in [0, 0.05) is 12.1 Å². The Balaban J connectivity index is 2.18. The van der Waals surface area contributed by atoms with Crippen LogP contribution in [0.15, 0.2) is 0 Å². The van der Waals surface area contributed by atoms with Crippen LogP contribution in [0.3, 0.4) is 0 Å². The molecule has 0 aromatic carbocycles. The first-order valence-electron chi connectivity index (χ1n) is 4.29. The molecule has 0 N–H and O–H groups in total. The second kappa shape index (κ2) is 2.63. The molecule has 2 fully saturated rings. The van der Waals surface area contributed by atoms with Crippen LogP contribution in [0.4, 0.5) is 8.78 Å². The number of rotatable bonds is 2. The largest absolute Gasteiger partial charge is 0.350 e. The molecule has 0 aromatic rings. The molecule has 1 saturated heterocycles. The van der Waals surface area contributed by atoms with E-state index in [2.05, 4.69) is 0 Å². The molecule has 0 atom stereocenters. The van der Waals surface area contributed by atoms with E-state index in [1.54, 1.807) is 0 Å². The molecule has 76 valence electrons. The fourth-order valence-corrected chi connectivity index (χ4v) is 3.45. The summed E-state index contributed by atoms with van der Waals surface area (Å²) in [6.45, 7) is 0.271. The highest BCUT2D eigenvalue weighted by Crippen LogP contribution is 2.49. The highest BCUT2D eigenvalue weighted by molar-refractivity contribution is 7.89. The molecule has 0 aromatic heterocycles. The first-order valence-corrected chi connectivity index (χ1v) is 5.79. The zero-order valence-corrected chi connectivity index (χ0v) is 7.86. The van der Waals surface area contributed by atoms with Crippen LogP contribution in [0.5, 0.6) is 0 Å². The van der Waals surface area contributed by atoms with Gasteiger partial charge >= 0.3 is 5.76 Å². The lowest BCUT2D eigenvalue weighted by atomic mass is 9.70. The van der Waals surface area contributed by atoms with Crippen molar-refractivity contribution in [2.75, 3.05) is 6.54 Å². The number of nitrogens with zero attached hydrogens (tertiary/aromatic N) is 1. The maximum absolute atomic E-state index is 12.2. The quantitative estimate of drug-likeness (QED) is 0.687. The van der Waals surface area contributed by atoms with Crippen molar-refractivity contribution in [1.82, 2.24) is 4.31 Å². The Kier molecular flexibility index (Phi) is 1.89. The maximum atomic E-state index is 12.2. The SMILES string of the molecule is O=S(=O)(C(F)F)N1CCC12CCC2. The third-order valence-electron chi connectivity index (χ3n) is 3.13. The van der Waals surface area contributed by atoms with Crippen molar-refractivity contribution in [2.24, 2.45) is 0 Å². The Bertz CT molecular complexity index is 305. The lowest BCUT2D eigenvalue weighted by Crippen LogP contribution is -2.66. The predicted molar refractivity (Wildman–Crippen MR) is 42.8 cm³/mol. The summed E-state index contributed by atoms with van der Waals surface area (Å²) >= 11 is 0. The van der Waals surface area contributed by atoms with Gasteiger partial charge in [0.2, 0.25) is 0 Å². The Labute approximate surface area is 75.8 Å². The van der Waals surface area contributed by atoms with Crippen molar-refractivity contribution in [3.63, 3.8) is 0 Å². The van der Waals surface area contributed by atoms with Gasteiger partial charge in [0.1, 0.15) is 0 Å². The van der Waals surface area contributed by atoms with Crippen LogP contribution in [0.2, 0.25) is 0 Å². The predicted octanol–water partition coefficient (Wildman–Crippen LogP) is 1.17. The first kappa shape index (κ1) is 9.33. The molecule has 1 heterocycles. The van der Waals surface area contributed by atoms with Crippen LogP contribution in [0.25, 0.3) is 0 Å². The van der Waals surface area contributed by atoms with Gasteiger partial charge in [-0.1, -0.05) is 0 Å². The highest BCUT2D eigenvalue weighted by Gasteiger charge is 2.56. The van der Waals surface area contributed by atoms with Gasteiger partial charge in [-0.05, 0) is 25.7 Å². The molecule has 2 aliphatic rings. The van der Waals surface area contributed by atoms with Gasteiger partial charge < -0.3 is 0 Å². The minimum absolute atomic E-state index is 0.271. The van der Waals surface area contributed by atoms with Crippen molar-refractivity contribution < 1.29 is 17.2 Å². The normalized spacial score (nSPS) is 27.3. The van der Waals surface area contributed by atoms with Crippen LogP contribution in [0, 0.1) is 0 Å². The Morgan fingerprint density at radius 1 is 1.23 bits per heavy atom. The molecule has 1 aliphatic heterocycles. The van der Waals surface area contributed by atoms with Crippen molar-refractivity contribution in [3.05, 3.63) is 0 Å². The number of hydrogen-bond donors (Lipinski definition) is 0. The molecule has 0 unspecified atom stereocenters. The van der Waals surface area contributed by atoms with Crippen molar-refractivity contribution in [3.8, 4) is 0 Å². The molecule has 1 spiro atoms. The van der Waals surface area contributed by atoms with E-state index in [9.17, 15) is 17.2 Å². The minimum Gasteiger partial charge on any atom is -0.206 e. The van der Waals surface area contributed by atoms with Gasteiger partial charge in [0.05, 0.1) is 0 Å². The Morgan fingerprint density at radius 2 is 1.85 bits per heavy atom. The number of hydrogen-bond acceptors (Lipinski definition) is 2. The van der Waals surface area contributed by atoms with E-state index in [1.165, 1.54) is 0 Å². The summed E-state index contributed by atoms with van der Waals surface area (Å²) in [6.07, 6.45) is 3.20. The summed E-state index contributed by atoms with van der Waals surface area (Å²) in [5.41, 5.74) is -0.407. The molecule has 0 amide bonds. The van der Waals surface area contributed by atoms with E-state index in [0.29, 0.717) is 0 Å². The van der Waals surface area contributed by atoms with Gasteiger partial charge in [0.25, 0.3) is 10.0 Å². The zero-order chi connectivity index (χ0) is 9.69. The third kappa shape index (κ3) is 1.11. The summed E-state index contributed by atoms with van der Waals surface area (Å²) < 4.78 is 47.5. The van der Waals surface area contributed by atoms with Crippen molar-refractivity contribution in [1.29, 1.82) is 0 Å². The lowest BCUT2D eigenvalue weighted by molar-refractivity contribution is -0.00835. The van der Waals surface area contributed by atoms with Gasteiger partial charge in [0.15, 0.2) is 0 Å². The van der Waals surface area contributed by atoms with Gasteiger partial charge in [-0.2, -0.15) is 13.1 Å². The second-order valence-electron chi connectivity index (χ2n) is 3.71. The summed E-state index contributed by atoms with van der Waals surface area (Å²) in [5.74, 6) is -3.26. The second-order valence-corrected chi connectivity index (χ2v) is 5.53. The number of halogens is 2. The third-order valence-corrected chi connectivity index (χ3v) is 4.76. The average Bonchev–Trinajstić information content (AvgIpc) is 1.78. The Hall–Kier alpha value is -0.230. The van der Waals surface area contributed by atoms with Crippen LogP contribution in [0.1, 0.15) is 25.7 Å². The highest BCUT2D eigenvalue weighted by atomic mass is 32.2. The topological polar surface area (TPSA) is 37.4 Å². The van der Waals surface area contributed by atoms with E-state index in [4.69, 9.17) is 0 Å². The molecule has 1 saturated carbocycles. The number of sulfonamides is 1. The summed E-state index contributed by atoms with van der Waals surface area (Å²) in [5, 5.41) is 0. The van der Waals surface area contributed by atoms with Crippen molar-refractivity contribution >= 4 is 10.0 Å². The molecule has 3 nitrogen and oxygen atoms in total. The molecule has 13 heavy (non-hydrogen) atoms. The monoisotopic (exact) mass is 211 g/mol. The zero-order valence-electron chi connectivity index (χ0n) is 7.04. The summed E-state index contributed by atoms with van der Waals surface area (Å²) in [6, 6.07) is 0. The molecule has 2 rings (SSSR count). The maximum Gasteiger partial charge on any atom is 0.350 e. The van der Waals surface area contributed by atoms with Gasteiger partial charge in [-0.15, -0.1) is 0 Å². The average molecular weight is 211 g/mol. The van der Waals surface area contributed by atoms with Gasteiger partial charge in [-0.3, -0.25) is 0 Å². The van der Waals surface area contributed by atoms with E-state index in [1.807, 2.05) is 0 Å². The van der Waals surface area contributed by atoms with E-state index in [0.717, 1.165) is 30.0 Å². The summed E-state index contributed by atoms with van der Waals surface area (Å²) in [7, 11) is -4.31. The van der Waals surface area contributed by atoms with E-state index in [-0.39, 0.29) is 6.54 Å². The van der Waals surface area contributed by atoms with E-state index >= 15 is 0 Å². The lowest BCUT2D eigenvalue weighted by Gasteiger charge is -2.57. The molecule has 0 bridgehead atoms. The first-order chi connectivity index (χ1) is 5.99. The molecular formula is C7H11F2NO2S. The molecular weight excluding hydrogens is 200 g/mol. The molecule has 6 heteroatoms. The molecule has 1 aliphatic carbocycles. The number of alkyl halides is 2. The summed E-state index contributed by atoms with van der Waals surface area (Å²) in [4.78, 5) is 0. The van der Waals surface area contributed by atoms with Crippen LogP contribution in [-0.4, -0.2) is 30.6 Å². The standard InChI is InChI=1S/C7H11F2NO2S/c8-6(9)13(11,12)10-5-4-7(10)2-1-3-7/h6H,1-5H2. The smallest absolute Gasteiger partial charge is 0.206 e. The van der Waals surface area contributed by atoms with E-state index < -0.39 is 21.3 Å². The fourth-order valence-electron chi connectivity index (χ4n) is 2.10. The molecule has 0 radical (unpaired) electrons. The minimum atomic E-state index is -4.31. The van der Waals surface area contributed by atoms with Crippen LogP contribution in [-0.2, 0) is 10.0 Å². The van der Waals surface area contributed by atoms with Crippen LogP contribution >= 0.6 is 0 Å². The van der Waals surface area contributed by atoms with Crippen molar-refractivity contribution in [2.45, 2.75) is 37.0 Å². The van der Waals surface area contributed by atoms with Crippen LogP contribution < -0.4 is 0 Å². The fraction of sp³-hybridized carbons (Fsp3) is 1.00. The Morgan fingerprint density at radius 3 is 2.08 bits per heavy atom. The van der Waals surface area contributed by atoms with Gasteiger partial charge in [-0.25, -0.2) is 8.42 Å².